The van der Waals surface area contributed by atoms with E-state index in [1.807, 2.05) is 0 Å². The van der Waals surface area contributed by atoms with Crippen LogP contribution >= 0.6 is 34.8 Å². The van der Waals surface area contributed by atoms with Gasteiger partial charge in [-0.15, -0.1) is 0 Å². The maximum absolute atomic E-state index is 11.1. The zero-order chi connectivity index (χ0) is 8.48. The summed E-state index contributed by atoms with van der Waals surface area (Å²) < 4.78 is 2.74. The number of hydrogen-bond donors (Lipinski definition) is 0. The molecular formula is C6H3Cl3O2. The van der Waals surface area contributed by atoms with Crippen LogP contribution in [0.25, 0.3) is 0 Å². The van der Waals surface area contributed by atoms with E-state index in [2.05, 4.69) is 4.42 Å². The number of ketones is 1. The molecule has 1 aromatic heterocycles. The summed E-state index contributed by atoms with van der Waals surface area (Å²) in [5.74, 6) is -0.587. The summed E-state index contributed by atoms with van der Waals surface area (Å²) in [5.41, 5.74) is 0.255. The average Bonchev–Trinajstić information content (AvgIpc) is 2.34. The average molecular weight is 213 g/mol. The van der Waals surface area contributed by atoms with Crippen molar-refractivity contribution in [2.45, 2.75) is 3.79 Å². The first kappa shape index (κ1) is 8.91. The van der Waals surface area contributed by atoms with E-state index in [-0.39, 0.29) is 5.56 Å². The fraction of sp³-hybridized carbons (Fsp3) is 0.167. The van der Waals surface area contributed by atoms with E-state index >= 15 is 0 Å². The van der Waals surface area contributed by atoms with Crippen LogP contribution in [0.5, 0.6) is 0 Å². The maximum atomic E-state index is 11.1. The molecular weight excluding hydrogens is 210 g/mol. The predicted octanol–water partition coefficient (Wildman–Crippen LogP) is 2.83. The molecule has 1 aromatic rings. The first-order chi connectivity index (χ1) is 5.02. The molecule has 0 amide bonds. The molecule has 0 bridgehead atoms. The van der Waals surface area contributed by atoms with Gasteiger partial charge in [0.25, 0.3) is 3.79 Å². The lowest BCUT2D eigenvalue weighted by atomic mass is 10.2. The second-order valence-corrected chi connectivity index (χ2v) is 4.12. The van der Waals surface area contributed by atoms with Crippen LogP contribution in [0.3, 0.4) is 0 Å². The van der Waals surface area contributed by atoms with Gasteiger partial charge >= 0.3 is 0 Å². The molecule has 0 unspecified atom stereocenters. The lowest BCUT2D eigenvalue weighted by molar-refractivity contribution is 0.0996. The summed E-state index contributed by atoms with van der Waals surface area (Å²) in [5, 5.41) is 0. The Hall–Kier alpha value is -0.180. The molecule has 0 aliphatic rings. The highest BCUT2D eigenvalue weighted by atomic mass is 35.6. The number of Topliss-reactive ketones (excluding diaryl/α,β-unsaturated/α-hetero) is 1. The van der Waals surface area contributed by atoms with Gasteiger partial charge in [0, 0.05) is 0 Å². The van der Waals surface area contributed by atoms with E-state index in [4.69, 9.17) is 34.8 Å². The van der Waals surface area contributed by atoms with Gasteiger partial charge in [-0.25, -0.2) is 0 Å². The van der Waals surface area contributed by atoms with Gasteiger partial charge in [0.15, 0.2) is 0 Å². The highest BCUT2D eigenvalue weighted by molar-refractivity contribution is 6.77. The van der Waals surface area contributed by atoms with E-state index in [9.17, 15) is 4.79 Å². The molecule has 0 aliphatic heterocycles. The smallest absolute Gasteiger partial charge is 0.253 e. The Morgan fingerprint density at radius 1 is 1.45 bits per heavy atom. The Morgan fingerprint density at radius 2 is 2.09 bits per heavy atom. The molecule has 0 spiro atoms. The van der Waals surface area contributed by atoms with Crippen molar-refractivity contribution in [2.24, 2.45) is 0 Å². The lowest BCUT2D eigenvalue weighted by Gasteiger charge is -2.05. The monoisotopic (exact) mass is 212 g/mol. The molecule has 5 heteroatoms. The molecule has 0 aliphatic carbocycles. The minimum atomic E-state index is -1.90. The number of carbonyl (C=O) groups excluding carboxylic acids is 1. The van der Waals surface area contributed by atoms with Crippen LogP contribution in [0, 0.1) is 0 Å². The van der Waals surface area contributed by atoms with Crippen molar-refractivity contribution in [1.29, 1.82) is 0 Å². The van der Waals surface area contributed by atoms with E-state index in [1.165, 1.54) is 18.6 Å². The number of rotatable bonds is 1. The van der Waals surface area contributed by atoms with Crippen LogP contribution in [0.1, 0.15) is 10.4 Å². The van der Waals surface area contributed by atoms with Crippen LogP contribution in [0.2, 0.25) is 0 Å². The van der Waals surface area contributed by atoms with E-state index < -0.39 is 9.58 Å². The van der Waals surface area contributed by atoms with Gasteiger partial charge in [0.05, 0.1) is 11.8 Å². The minimum absolute atomic E-state index is 0.255. The van der Waals surface area contributed by atoms with Crippen LogP contribution in [-0.4, -0.2) is 9.58 Å². The third-order valence-corrected chi connectivity index (χ3v) is 1.56. The zero-order valence-electron chi connectivity index (χ0n) is 5.18. The minimum Gasteiger partial charge on any atom is -0.472 e. The Balaban J connectivity index is 2.88. The van der Waals surface area contributed by atoms with E-state index in [0.29, 0.717) is 0 Å². The second kappa shape index (κ2) is 3.05. The standard InChI is InChI=1S/C6H3Cl3O2/c7-6(8,9)5(10)4-1-2-11-3-4/h1-3H. The molecule has 0 atom stereocenters. The number of halogens is 3. The summed E-state index contributed by atoms with van der Waals surface area (Å²) in [6.45, 7) is 0. The van der Waals surface area contributed by atoms with Crippen molar-refractivity contribution in [3.63, 3.8) is 0 Å². The summed E-state index contributed by atoms with van der Waals surface area (Å²) >= 11 is 15.9. The second-order valence-electron chi connectivity index (χ2n) is 1.84. The van der Waals surface area contributed by atoms with E-state index in [0.717, 1.165) is 0 Å². The molecule has 0 N–H and O–H groups in total. The van der Waals surface area contributed by atoms with Crippen molar-refractivity contribution in [1.82, 2.24) is 0 Å². The lowest BCUT2D eigenvalue weighted by Crippen LogP contribution is -2.17. The fourth-order valence-corrected chi connectivity index (χ4v) is 0.885. The fourth-order valence-electron chi connectivity index (χ4n) is 0.557. The van der Waals surface area contributed by atoms with Crippen LogP contribution in [-0.2, 0) is 0 Å². The Morgan fingerprint density at radius 3 is 2.45 bits per heavy atom. The molecule has 0 saturated carbocycles. The predicted molar refractivity (Wildman–Crippen MR) is 43.3 cm³/mol. The highest BCUT2D eigenvalue weighted by Crippen LogP contribution is 2.30. The van der Waals surface area contributed by atoms with Crippen LogP contribution in [0.4, 0.5) is 0 Å². The van der Waals surface area contributed by atoms with Gasteiger partial charge in [0.1, 0.15) is 6.26 Å². The molecule has 0 fully saturated rings. The number of alkyl halides is 3. The maximum Gasteiger partial charge on any atom is 0.253 e. The van der Waals surface area contributed by atoms with Gasteiger partial charge in [-0.05, 0) is 6.07 Å². The summed E-state index contributed by atoms with van der Waals surface area (Å²) in [6.07, 6.45) is 2.56. The Labute approximate surface area is 78.0 Å². The van der Waals surface area contributed by atoms with Crippen molar-refractivity contribution in [2.75, 3.05) is 0 Å². The summed E-state index contributed by atoms with van der Waals surface area (Å²) in [7, 11) is 0. The van der Waals surface area contributed by atoms with Gasteiger partial charge in [-0.2, -0.15) is 0 Å². The highest BCUT2D eigenvalue weighted by Gasteiger charge is 2.32. The number of hydrogen-bond acceptors (Lipinski definition) is 2. The van der Waals surface area contributed by atoms with Gasteiger partial charge in [-0.3, -0.25) is 4.79 Å². The SMILES string of the molecule is O=C(c1ccoc1)C(Cl)(Cl)Cl. The normalized spacial score (nSPS) is 11.5. The van der Waals surface area contributed by atoms with Crippen molar-refractivity contribution < 1.29 is 9.21 Å². The first-order valence-electron chi connectivity index (χ1n) is 2.65. The van der Waals surface area contributed by atoms with Gasteiger partial charge in [0.2, 0.25) is 5.78 Å². The Kier molecular flexibility index (Phi) is 2.47. The topological polar surface area (TPSA) is 30.2 Å². The van der Waals surface area contributed by atoms with Crippen LogP contribution < -0.4 is 0 Å². The molecule has 0 aromatic carbocycles. The number of furan rings is 1. The molecule has 2 nitrogen and oxygen atoms in total. The molecule has 60 valence electrons. The molecule has 11 heavy (non-hydrogen) atoms. The summed E-state index contributed by atoms with van der Waals surface area (Å²) in [6, 6.07) is 1.43. The zero-order valence-corrected chi connectivity index (χ0v) is 7.45. The van der Waals surface area contributed by atoms with Crippen molar-refractivity contribution >= 4 is 40.6 Å². The van der Waals surface area contributed by atoms with Crippen molar-refractivity contribution in [3.05, 3.63) is 24.2 Å². The van der Waals surface area contributed by atoms with E-state index in [1.54, 1.807) is 0 Å². The third kappa shape index (κ3) is 2.12. The largest absolute Gasteiger partial charge is 0.472 e. The molecule has 0 saturated heterocycles. The molecule has 1 heterocycles. The van der Waals surface area contributed by atoms with Crippen molar-refractivity contribution in [3.8, 4) is 0 Å². The molecule has 0 radical (unpaired) electrons. The van der Waals surface area contributed by atoms with Gasteiger partial charge in [-0.1, -0.05) is 34.8 Å². The third-order valence-electron chi connectivity index (χ3n) is 1.04. The van der Waals surface area contributed by atoms with Gasteiger partial charge < -0.3 is 4.42 Å². The summed E-state index contributed by atoms with van der Waals surface area (Å²) in [4.78, 5) is 11.1. The van der Waals surface area contributed by atoms with Crippen LogP contribution in [0.15, 0.2) is 23.0 Å². The first-order valence-corrected chi connectivity index (χ1v) is 3.79. The number of carbonyl (C=O) groups is 1. The molecule has 1 rings (SSSR count). The quantitative estimate of drug-likeness (QED) is 0.530. The Bertz CT molecular complexity index is 247.